The molecule has 3 aromatic rings. The quantitative estimate of drug-likeness (QED) is 0.724. The summed E-state index contributed by atoms with van der Waals surface area (Å²) >= 11 is 0. The van der Waals surface area contributed by atoms with E-state index in [1.807, 2.05) is 0 Å². The average molecular weight is 384 g/mol. The van der Waals surface area contributed by atoms with Crippen LogP contribution in [0.1, 0.15) is 11.3 Å². The predicted octanol–water partition coefficient (Wildman–Crippen LogP) is 4.45. The second-order valence-corrected chi connectivity index (χ2v) is 5.42. The minimum absolute atomic E-state index is 0. The molecule has 26 heavy (non-hydrogen) atoms. The lowest BCUT2D eigenvalue weighted by Crippen LogP contribution is -2.07. The molecule has 0 aliphatic carbocycles. The van der Waals surface area contributed by atoms with Crippen LogP contribution in [0, 0.1) is 0 Å². The number of alkyl halides is 3. The highest BCUT2D eigenvalue weighted by Crippen LogP contribution is 2.33. The van der Waals surface area contributed by atoms with E-state index in [-0.39, 0.29) is 12.4 Å². The van der Waals surface area contributed by atoms with Gasteiger partial charge in [-0.25, -0.2) is 4.68 Å². The van der Waals surface area contributed by atoms with E-state index >= 15 is 0 Å². The maximum absolute atomic E-state index is 13.1. The first kappa shape index (κ1) is 19.8. The molecule has 4 nitrogen and oxygen atoms in total. The fourth-order valence-electron chi connectivity index (χ4n) is 2.46. The van der Waals surface area contributed by atoms with Crippen LogP contribution in [0.5, 0.6) is 5.75 Å². The van der Waals surface area contributed by atoms with Gasteiger partial charge in [0.1, 0.15) is 5.75 Å². The van der Waals surface area contributed by atoms with Crippen LogP contribution in [0.2, 0.25) is 0 Å². The van der Waals surface area contributed by atoms with Crippen molar-refractivity contribution in [3.05, 3.63) is 65.9 Å². The van der Waals surface area contributed by atoms with E-state index in [0.717, 1.165) is 11.6 Å². The number of ether oxygens (including phenoxy) is 1. The minimum atomic E-state index is -4.52. The summed E-state index contributed by atoms with van der Waals surface area (Å²) in [6.45, 7) is 0.360. The predicted molar refractivity (Wildman–Crippen MR) is 95.7 cm³/mol. The van der Waals surface area contributed by atoms with Gasteiger partial charge in [-0.15, -0.1) is 12.4 Å². The van der Waals surface area contributed by atoms with E-state index < -0.39 is 11.9 Å². The second kappa shape index (κ2) is 7.80. The molecule has 0 fully saturated rings. The maximum atomic E-state index is 13.1. The van der Waals surface area contributed by atoms with Gasteiger partial charge in [-0.2, -0.15) is 18.3 Å². The molecule has 0 atom stereocenters. The van der Waals surface area contributed by atoms with Crippen LogP contribution in [-0.2, 0) is 12.7 Å². The second-order valence-electron chi connectivity index (χ2n) is 5.42. The first-order valence-corrected chi connectivity index (χ1v) is 7.53. The van der Waals surface area contributed by atoms with Crippen molar-refractivity contribution >= 4 is 12.4 Å². The smallest absolute Gasteiger partial charge is 0.435 e. The minimum Gasteiger partial charge on any atom is -0.497 e. The Morgan fingerprint density at radius 1 is 1.04 bits per heavy atom. The van der Waals surface area contributed by atoms with E-state index in [0.29, 0.717) is 29.2 Å². The van der Waals surface area contributed by atoms with Crippen LogP contribution in [-0.4, -0.2) is 16.9 Å². The summed E-state index contributed by atoms with van der Waals surface area (Å²) in [4.78, 5) is 0. The molecule has 0 unspecified atom stereocenters. The van der Waals surface area contributed by atoms with Gasteiger partial charge in [0, 0.05) is 12.1 Å². The van der Waals surface area contributed by atoms with Crippen LogP contribution in [0.4, 0.5) is 13.2 Å². The molecular weight excluding hydrogens is 367 g/mol. The Balaban J connectivity index is 0.00000243. The van der Waals surface area contributed by atoms with Gasteiger partial charge in [-0.05, 0) is 48.0 Å². The Morgan fingerprint density at radius 2 is 1.65 bits per heavy atom. The van der Waals surface area contributed by atoms with E-state index in [4.69, 9.17) is 10.5 Å². The normalized spacial score (nSPS) is 11.1. The highest BCUT2D eigenvalue weighted by atomic mass is 35.5. The summed E-state index contributed by atoms with van der Waals surface area (Å²) in [5, 5.41) is 3.76. The molecule has 0 amide bonds. The number of rotatable bonds is 4. The first-order valence-electron chi connectivity index (χ1n) is 7.53. The Kier molecular flexibility index (Phi) is 5.94. The summed E-state index contributed by atoms with van der Waals surface area (Å²) in [5.74, 6) is 0.623. The molecule has 1 aromatic heterocycles. The van der Waals surface area contributed by atoms with Gasteiger partial charge in [0.05, 0.1) is 18.5 Å². The summed E-state index contributed by atoms with van der Waals surface area (Å²) < 4.78 is 45.8. The van der Waals surface area contributed by atoms with Gasteiger partial charge in [0.15, 0.2) is 5.69 Å². The molecule has 1 heterocycles. The van der Waals surface area contributed by atoms with Gasteiger partial charge in [0.2, 0.25) is 0 Å². The standard InChI is InChI=1S/C18H16F3N3O.ClH/c1-25-15-8-4-13(5-9-15)16-10-17(18(19,20)21)23-24(16)14-6-2-12(11-22)3-7-14;/h2-10H,11,22H2,1H3;1H. The fraction of sp³-hybridized carbons (Fsp3) is 0.167. The highest BCUT2D eigenvalue weighted by molar-refractivity contribution is 5.85. The number of hydrogen-bond donors (Lipinski definition) is 1. The fourth-order valence-corrected chi connectivity index (χ4v) is 2.46. The van der Waals surface area contributed by atoms with Crippen LogP contribution in [0.15, 0.2) is 54.6 Å². The number of nitrogens with zero attached hydrogens (tertiary/aromatic N) is 2. The summed E-state index contributed by atoms with van der Waals surface area (Å²) in [6, 6.07) is 14.7. The van der Waals surface area contributed by atoms with Crippen LogP contribution >= 0.6 is 12.4 Å². The van der Waals surface area contributed by atoms with E-state index in [2.05, 4.69) is 5.10 Å². The molecule has 3 rings (SSSR count). The molecule has 0 bridgehead atoms. The van der Waals surface area contributed by atoms with Crippen molar-refractivity contribution in [2.24, 2.45) is 5.73 Å². The number of nitrogens with two attached hydrogens (primary N) is 1. The largest absolute Gasteiger partial charge is 0.497 e. The topological polar surface area (TPSA) is 53.1 Å². The third-order valence-electron chi connectivity index (χ3n) is 3.80. The monoisotopic (exact) mass is 383 g/mol. The zero-order valence-electron chi connectivity index (χ0n) is 13.8. The summed E-state index contributed by atoms with van der Waals surface area (Å²) in [6.07, 6.45) is -4.52. The Labute approximate surface area is 154 Å². The lowest BCUT2D eigenvalue weighted by molar-refractivity contribution is -0.141. The molecule has 0 radical (unpaired) electrons. The summed E-state index contributed by atoms with van der Waals surface area (Å²) in [5.41, 5.74) is 6.98. The molecule has 8 heteroatoms. The number of aromatic nitrogens is 2. The lowest BCUT2D eigenvalue weighted by Gasteiger charge is -2.09. The van der Waals surface area contributed by atoms with E-state index in [9.17, 15) is 13.2 Å². The molecule has 0 aliphatic heterocycles. The van der Waals surface area contributed by atoms with Crippen LogP contribution in [0.25, 0.3) is 16.9 Å². The van der Waals surface area contributed by atoms with Gasteiger partial charge < -0.3 is 10.5 Å². The SMILES string of the molecule is COc1ccc(-c2cc(C(F)(F)F)nn2-c2ccc(CN)cc2)cc1.Cl. The number of halogens is 4. The van der Waals surface area contributed by atoms with Crippen LogP contribution < -0.4 is 10.5 Å². The number of hydrogen-bond acceptors (Lipinski definition) is 3. The summed E-state index contributed by atoms with van der Waals surface area (Å²) in [7, 11) is 1.53. The molecule has 0 aliphatic rings. The third kappa shape index (κ3) is 4.00. The van der Waals surface area contributed by atoms with Gasteiger partial charge >= 0.3 is 6.18 Å². The van der Waals surface area contributed by atoms with Crippen molar-refractivity contribution in [3.8, 4) is 22.7 Å². The lowest BCUT2D eigenvalue weighted by atomic mass is 10.1. The maximum Gasteiger partial charge on any atom is 0.435 e. The Morgan fingerprint density at radius 3 is 2.15 bits per heavy atom. The molecule has 0 saturated heterocycles. The van der Waals surface area contributed by atoms with E-state index in [1.54, 1.807) is 48.5 Å². The molecule has 0 saturated carbocycles. The van der Waals surface area contributed by atoms with Crippen LogP contribution in [0.3, 0.4) is 0 Å². The number of benzene rings is 2. The van der Waals surface area contributed by atoms with Crippen molar-refractivity contribution in [1.29, 1.82) is 0 Å². The van der Waals surface area contributed by atoms with Gasteiger partial charge in [0.25, 0.3) is 0 Å². The average Bonchev–Trinajstić information content (AvgIpc) is 3.07. The van der Waals surface area contributed by atoms with E-state index in [1.165, 1.54) is 11.8 Å². The Bertz CT molecular complexity index is 794. The van der Waals surface area contributed by atoms with Gasteiger partial charge in [-0.3, -0.25) is 0 Å². The molecule has 2 aromatic carbocycles. The number of methoxy groups -OCH3 is 1. The molecule has 138 valence electrons. The molecule has 0 spiro atoms. The van der Waals surface area contributed by atoms with Crippen molar-refractivity contribution in [3.63, 3.8) is 0 Å². The van der Waals surface area contributed by atoms with Crippen molar-refractivity contribution in [2.75, 3.05) is 7.11 Å². The highest BCUT2D eigenvalue weighted by Gasteiger charge is 2.35. The Hall–Kier alpha value is -2.51. The third-order valence-corrected chi connectivity index (χ3v) is 3.80. The van der Waals surface area contributed by atoms with Gasteiger partial charge in [-0.1, -0.05) is 12.1 Å². The van der Waals surface area contributed by atoms with Crippen molar-refractivity contribution < 1.29 is 17.9 Å². The van der Waals surface area contributed by atoms with Crippen molar-refractivity contribution in [2.45, 2.75) is 12.7 Å². The zero-order chi connectivity index (χ0) is 18.0. The molecule has 2 N–H and O–H groups in total. The molecular formula is C18H17ClF3N3O. The zero-order valence-corrected chi connectivity index (χ0v) is 14.6. The first-order chi connectivity index (χ1) is 11.9. The van der Waals surface area contributed by atoms with Crippen molar-refractivity contribution in [1.82, 2.24) is 9.78 Å².